The van der Waals surface area contributed by atoms with Crippen molar-refractivity contribution in [3.05, 3.63) is 44.1 Å². The fourth-order valence-corrected chi connectivity index (χ4v) is 4.17. The second-order valence-corrected chi connectivity index (χ2v) is 7.47. The number of hydrogen-bond acceptors (Lipinski definition) is 3. The Bertz CT molecular complexity index is 662. The molecule has 0 radical (unpaired) electrons. The first kappa shape index (κ1) is 14.6. The maximum Gasteiger partial charge on any atom is 0.268 e. The highest BCUT2D eigenvalue weighted by molar-refractivity contribution is 9.11. The SMILES string of the molecule is COc1cccc2c1N(C(=O)c1cc(C)c(Br)s1)CCC2. The molecule has 5 heteroatoms. The van der Waals surface area contributed by atoms with Crippen LogP contribution in [0.25, 0.3) is 0 Å². The Morgan fingerprint density at radius 3 is 2.90 bits per heavy atom. The Morgan fingerprint density at radius 1 is 1.43 bits per heavy atom. The van der Waals surface area contributed by atoms with Crippen LogP contribution in [0.1, 0.15) is 27.2 Å². The van der Waals surface area contributed by atoms with Gasteiger partial charge < -0.3 is 9.64 Å². The Kier molecular flexibility index (Phi) is 4.04. The summed E-state index contributed by atoms with van der Waals surface area (Å²) in [7, 11) is 1.65. The number of benzene rings is 1. The number of ether oxygens (including phenoxy) is 1. The highest BCUT2D eigenvalue weighted by Crippen LogP contribution is 2.38. The Morgan fingerprint density at radius 2 is 2.24 bits per heavy atom. The maximum absolute atomic E-state index is 12.9. The van der Waals surface area contributed by atoms with Crippen molar-refractivity contribution in [1.29, 1.82) is 0 Å². The molecule has 0 N–H and O–H groups in total. The molecule has 1 aliphatic rings. The number of carbonyl (C=O) groups excluding carboxylic acids is 1. The molecule has 110 valence electrons. The predicted molar refractivity (Wildman–Crippen MR) is 89.7 cm³/mol. The standard InChI is InChI=1S/C16H16BrNO2S/c1-10-9-13(21-15(10)17)16(19)18-8-4-6-11-5-3-7-12(20-2)14(11)18/h3,5,7,9H,4,6,8H2,1-2H3. The summed E-state index contributed by atoms with van der Waals surface area (Å²) in [4.78, 5) is 15.5. The van der Waals surface area contributed by atoms with Gasteiger partial charge in [0.15, 0.2) is 0 Å². The minimum atomic E-state index is 0.0549. The molecule has 3 rings (SSSR count). The number of para-hydroxylation sites is 1. The smallest absolute Gasteiger partial charge is 0.268 e. The van der Waals surface area contributed by atoms with Crippen LogP contribution in [0.4, 0.5) is 5.69 Å². The molecule has 0 saturated heterocycles. The maximum atomic E-state index is 12.9. The van der Waals surface area contributed by atoms with Gasteiger partial charge >= 0.3 is 0 Å². The predicted octanol–water partition coefficient (Wildman–Crippen LogP) is 4.42. The summed E-state index contributed by atoms with van der Waals surface area (Å²) in [6, 6.07) is 7.92. The first-order valence-electron chi connectivity index (χ1n) is 6.85. The minimum Gasteiger partial charge on any atom is -0.495 e. The molecule has 1 amide bonds. The van der Waals surface area contributed by atoms with Crippen molar-refractivity contribution in [3.8, 4) is 5.75 Å². The van der Waals surface area contributed by atoms with Crippen LogP contribution >= 0.6 is 27.3 Å². The summed E-state index contributed by atoms with van der Waals surface area (Å²) in [5.74, 6) is 0.826. The number of rotatable bonds is 2. The molecule has 1 aromatic heterocycles. The van der Waals surface area contributed by atoms with E-state index in [2.05, 4.69) is 22.0 Å². The first-order chi connectivity index (χ1) is 10.1. The number of anilines is 1. The summed E-state index contributed by atoms with van der Waals surface area (Å²) >= 11 is 4.98. The molecule has 2 aromatic rings. The molecule has 21 heavy (non-hydrogen) atoms. The molecule has 0 aliphatic carbocycles. The second-order valence-electron chi connectivity index (χ2n) is 5.10. The average molecular weight is 366 g/mol. The number of carbonyl (C=O) groups is 1. The van der Waals surface area contributed by atoms with Gasteiger partial charge in [-0.15, -0.1) is 11.3 Å². The van der Waals surface area contributed by atoms with E-state index >= 15 is 0 Å². The highest BCUT2D eigenvalue weighted by Gasteiger charge is 2.27. The molecule has 0 atom stereocenters. The fourth-order valence-electron chi connectivity index (χ4n) is 2.68. The van der Waals surface area contributed by atoms with Crippen molar-refractivity contribution < 1.29 is 9.53 Å². The zero-order valence-corrected chi connectivity index (χ0v) is 14.4. The molecule has 0 spiro atoms. The number of halogens is 1. The van der Waals surface area contributed by atoms with Crippen LogP contribution in [0.2, 0.25) is 0 Å². The number of aryl methyl sites for hydroxylation is 2. The number of amides is 1. The van der Waals surface area contributed by atoms with Gasteiger partial charge in [-0.25, -0.2) is 0 Å². The summed E-state index contributed by atoms with van der Waals surface area (Å²) in [5, 5.41) is 0. The van der Waals surface area contributed by atoms with Crippen LogP contribution in [0.15, 0.2) is 28.1 Å². The van der Waals surface area contributed by atoms with Crippen molar-refractivity contribution in [2.45, 2.75) is 19.8 Å². The van der Waals surface area contributed by atoms with Crippen molar-refractivity contribution in [2.24, 2.45) is 0 Å². The lowest BCUT2D eigenvalue weighted by Crippen LogP contribution is -2.35. The molecule has 0 bridgehead atoms. The van der Waals surface area contributed by atoms with E-state index < -0.39 is 0 Å². The van der Waals surface area contributed by atoms with E-state index in [1.165, 1.54) is 16.9 Å². The number of hydrogen-bond donors (Lipinski definition) is 0. The van der Waals surface area contributed by atoms with Crippen molar-refractivity contribution in [2.75, 3.05) is 18.6 Å². The van der Waals surface area contributed by atoms with Gasteiger partial charge in [0.2, 0.25) is 0 Å². The van der Waals surface area contributed by atoms with Gasteiger partial charge in [0.25, 0.3) is 5.91 Å². The van der Waals surface area contributed by atoms with Gasteiger partial charge in [0.05, 0.1) is 21.5 Å². The van der Waals surface area contributed by atoms with Crippen LogP contribution in [0, 0.1) is 6.92 Å². The van der Waals surface area contributed by atoms with E-state index in [-0.39, 0.29) is 5.91 Å². The largest absolute Gasteiger partial charge is 0.495 e. The number of methoxy groups -OCH3 is 1. The summed E-state index contributed by atoms with van der Waals surface area (Å²) in [6.07, 6.45) is 1.97. The zero-order chi connectivity index (χ0) is 15.0. The fraction of sp³-hybridized carbons (Fsp3) is 0.312. The normalized spacial score (nSPS) is 14.0. The molecule has 2 heterocycles. The number of fused-ring (bicyclic) bond motifs is 1. The molecule has 1 aromatic carbocycles. The minimum absolute atomic E-state index is 0.0549. The van der Waals surface area contributed by atoms with Gasteiger partial charge in [0.1, 0.15) is 5.75 Å². The lowest BCUT2D eigenvalue weighted by atomic mass is 10.0. The van der Waals surface area contributed by atoms with Gasteiger partial charge in [-0.1, -0.05) is 12.1 Å². The van der Waals surface area contributed by atoms with Crippen molar-refractivity contribution in [1.82, 2.24) is 0 Å². The molecular weight excluding hydrogens is 350 g/mol. The highest BCUT2D eigenvalue weighted by atomic mass is 79.9. The van der Waals surface area contributed by atoms with Crippen LogP contribution in [-0.4, -0.2) is 19.6 Å². The van der Waals surface area contributed by atoms with Crippen LogP contribution in [-0.2, 0) is 6.42 Å². The Balaban J connectivity index is 2.03. The lowest BCUT2D eigenvalue weighted by Gasteiger charge is -2.30. The monoisotopic (exact) mass is 365 g/mol. The molecule has 0 unspecified atom stereocenters. The molecule has 3 nitrogen and oxygen atoms in total. The molecular formula is C16H16BrNO2S. The van der Waals surface area contributed by atoms with Gasteiger partial charge in [-0.2, -0.15) is 0 Å². The van der Waals surface area contributed by atoms with E-state index in [0.717, 1.165) is 45.1 Å². The summed E-state index contributed by atoms with van der Waals surface area (Å²) in [5.41, 5.74) is 3.21. The summed E-state index contributed by atoms with van der Waals surface area (Å²) in [6.45, 7) is 2.74. The Labute approximate surface area is 136 Å². The average Bonchev–Trinajstić information content (AvgIpc) is 2.84. The molecule has 0 saturated carbocycles. The van der Waals surface area contributed by atoms with Crippen LogP contribution < -0.4 is 9.64 Å². The molecule has 0 fully saturated rings. The summed E-state index contributed by atoms with van der Waals surface area (Å²) < 4.78 is 6.47. The Hall–Kier alpha value is -1.33. The lowest BCUT2D eigenvalue weighted by molar-refractivity contribution is 0.0988. The van der Waals surface area contributed by atoms with Crippen molar-refractivity contribution >= 4 is 38.9 Å². The second kappa shape index (κ2) is 5.81. The zero-order valence-electron chi connectivity index (χ0n) is 12.0. The van der Waals surface area contributed by atoms with Gasteiger partial charge in [0, 0.05) is 6.54 Å². The van der Waals surface area contributed by atoms with E-state index in [1.807, 2.05) is 30.0 Å². The van der Waals surface area contributed by atoms with E-state index in [4.69, 9.17) is 4.74 Å². The third-order valence-electron chi connectivity index (χ3n) is 3.71. The third-order valence-corrected chi connectivity index (χ3v) is 5.84. The van der Waals surface area contributed by atoms with Gasteiger partial charge in [-0.3, -0.25) is 4.79 Å². The van der Waals surface area contributed by atoms with E-state index in [1.54, 1.807) is 7.11 Å². The third kappa shape index (κ3) is 2.60. The van der Waals surface area contributed by atoms with E-state index in [0.29, 0.717) is 0 Å². The quantitative estimate of drug-likeness (QED) is 0.788. The van der Waals surface area contributed by atoms with E-state index in [9.17, 15) is 4.79 Å². The van der Waals surface area contributed by atoms with Crippen LogP contribution in [0.3, 0.4) is 0 Å². The van der Waals surface area contributed by atoms with Crippen LogP contribution in [0.5, 0.6) is 5.75 Å². The molecule has 1 aliphatic heterocycles. The topological polar surface area (TPSA) is 29.5 Å². The van der Waals surface area contributed by atoms with Crippen molar-refractivity contribution in [3.63, 3.8) is 0 Å². The number of thiophene rings is 1. The number of nitrogens with zero attached hydrogens (tertiary/aromatic N) is 1. The van der Waals surface area contributed by atoms with Gasteiger partial charge in [-0.05, 0) is 59.0 Å². The first-order valence-corrected chi connectivity index (χ1v) is 8.46.